The molecule has 0 aromatic heterocycles. The quantitative estimate of drug-likeness (QED) is 0.797. The van der Waals surface area contributed by atoms with Gasteiger partial charge < -0.3 is 15.5 Å². The van der Waals surface area contributed by atoms with Crippen LogP contribution in [0.3, 0.4) is 0 Å². The average molecular weight is 279 g/mol. The van der Waals surface area contributed by atoms with Gasteiger partial charge in [0.1, 0.15) is 0 Å². The molecule has 2 aliphatic heterocycles. The van der Waals surface area contributed by atoms with Gasteiger partial charge in [0.15, 0.2) is 0 Å². The summed E-state index contributed by atoms with van der Waals surface area (Å²) < 4.78 is 0. The monoisotopic (exact) mass is 279 g/mol. The predicted octanol–water partition coefficient (Wildman–Crippen LogP) is 0.646. The molecule has 0 bridgehead atoms. The molecule has 2 amide bonds. The minimum Gasteiger partial charge on any atom is -0.352 e. The van der Waals surface area contributed by atoms with Crippen molar-refractivity contribution in [2.45, 2.75) is 57.0 Å². The van der Waals surface area contributed by atoms with Crippen LogP contribution >= 0.6 is 0 Å². The third-order valence-electron chi connectivity index (χ3n) is 4.93. The standard InChI is InChI=1S/C15H25N3O2/c19-14(17-11-5-2-1-3-6-11)10-18-9-13-12(15(18)20)7-4-8-16-13/h11-13,16H,1-10H2,(H,17,19). The normalized spacial score (nSPS) is 31.2. The third kappa shape index (κ3) is 2.97. The molecule has 20 heavy (non-hydrogen) atoms. The minimum atomic E-state index is 0.0175. The van der Waals surface area contributed by atoms with Gasteiger partial charge in [-0.3, -0.25) is 9.59 Å². The SMILES string of the molecule is O=C(CN1CC2NCCCC2C1=O)NC1CCCCC1. The molecule has 0 spiro atoms. The van der Waals surface area contributed by atoms with Gasteiger partial charge in [-0.1, -0.05) is 19.3 Å². The molecule has 3 aliphatic rings. The van der Waals surface area contributed by atoms with E-state index in [-0.39, 0.29) is 30.3 Å². The Morgan fingerprint density at radius 1 is 1.20 bits per heavy atom. The number of amides is 2. The van der Waals surface area contributed by atoms with E-state index >= 15 is 0 Å². The Hall–Kier alpha value is -1.10. The Bertz CT molecular complexity index is 379. The second-order valence-electron chi connectivity index (χ2n) is 6.43. The van der Waals surface area contributed by atoms with Gasteiger partial charge in [-0.2, -0.15) is 0 Å². The molecular formula is C15H25N3O2. The van der Waals surface area contributed by atoms with Crippen LogP contribution in [0.5, 0.6) is 0 Å². The van der Waals surface area contributed by atoms with Crippen molar-refractivity contribution in [3.8, 4) is 0 Å². The number of carbonyl (C=O) groups is 2. The van der Waals surface area contributed by atoms with E-state index in [1.165, 1.54) is 19.3 Å². The first-order valence-electron chi connectivity index (χ1n) is 8.05. The lowest BCUT2D eigenvalue weighted by molar-refractivity contribution is -0.135. The van der Waals surface area contributed by atoms with E-state index in [0.717, 1.165) is 32.2 Å². The Balaban J connectivity index is 1.49. The molecule has 0 radical (unpaired) electrons. The minimum absolute atomic E-state index is 0.0175. The summed E-state index contributed by atoms with van der Waals surface area (Å²) in [7, 11) is 0. The summed E-state index contributed by atoms with van der Waals surface area (Å²) in [5.41, 5.74) is 0. The molecule has 1 saturated carbocycles. The summed E-state index contributed by atoms with van der Waals surface area (Å²) in [6.07, 6.45) is 7.92. The fourth-order valence-corrected chi connectivity index (χ4v) is 3.84. The first kappa shape index (κ1) is 13.9. The van der Waals surface area contributed by atoms with E-state index < -0.39 is 0 Å². The second-order valence-corrected chi connectivity index (χ2v) is 6.43. The molecule has 2 heterocycles. The largest absolute Gasteiger partial charge is 0.352 e. The van der Waals surface area contributed by atoms with Gasteiger partial charge in [0, 0.05) is 18.6 Å². The van der Waals surface area contributed by atoms with Crippen LogP contribution in [0.4, 0.5) is 0 Å². The fraction of sp³-hybridized carbons (Fsp3) is 0.867. The lowest BCUT2D eigenvalue weighted by Gasteiger charge is -2.24. The summed E-state index contributed by atoms with van der Waals surface area (Å²) in [4.78, 5) is 26.1. The summed E-state index contributed by atoms with van der Waals surface area (Å²) in [5.74, 6) is 0.288. The Morgan fingerprint density at radius 2 is 2.00 bits per heavy atom. The van der Waals surface area contributed by atoms with Crippen molar-refractivity contribution >= 4 is 11.8 Å². The van der Waals surface area contributed by atoms with Crippen LogP contribution in [0.15, 0.2) is 0 Å². The highest BCUT2D eigenvalue weighted by Crippen LogP contribution is 2.26. The molecule has 2 N–H and O–H groups in total. The molecule has 1 aliphatic carbocycles. The van der Waals surface area contributed by atoms with Crippen molar-refractivity contribution in [1.29, 1.82) is 0 Å². The van der Waals surface area contributed by atoms with Gasteiger partial charge >= 0.3 is 0 Å². The summed E-state index contributed by atoms with van der Waals surface area (Å²) >= 11 is 0. The molecule has 112 valence electrons. The number of likely N-dealkylation sites (tertiary alicyclic amines) is 1. The number of hydrogen-bond acceptors (Lipinski definition) is 3. The van der Waals surface area contributed by atoms with Crippen LogP contribution in [0.2, 0.25) is 0 Å². The van der Waals surface area contributed by atoms with Gasteiger partial charge in [0.25, 0.3) is 0 Å². The predicted molar refractivity (Wildman–Crippen MR) is 76.1 cm³/mol. The van der Waals surface area contributed by atoms with Crippen molar-refractivity contribution in [1.82, 2.24) is 15.5 Å². The maximum absolute atomic E-state index is 12.3. The van der Waals surface area contributed by atoms with Gasteiger partial charge in [0.2, 0.25) is 11.8 Å². The topological polar surface area (TPSA) is 61.4 Å². The van der Waals surface area contributed by atoms with E-state index in [1.807, 2.05) is 0 Å². The lowest BCUT2D eigenvalue weighted by atomic mass is 9.94. The van der Waals surface area contributed by atoms with E-state index in [2.05, 4.69) is 10.6 Å². The molecule has 0 aromatic rings. The highest BCUT2D eigenvalue weighted by molar-refractivity contribution is 5.88. The zero-order chi connectivity index (χ0) is 13.9. The molecule has 2 saturated heterocycles. The first-order chi connectivity index (χ1) is 9.74. The van der Waals surface area contributed by atoms with Crippen LogP contribution in [-0.4, -0.2) is 48.4 Å². The van der Waals surface area contributed by atoms with Crippen LogP contribution in [0.25, 0.3) is 0 Å². The number of nitrogens with zero attached hydrogens (tertiary/aromatic N) is 1. The zero-order valence-corrected chi connectivity index (χ0v) is 12.1. The third-order valence-corrected chi connectivity index (χ3v) is 4.93. The molecular weight excluding hydrogens is 254 g/mol. The highest BCUT2D eigenvalue weighted by atomic mass is 16.2. The second kappa shape index (κ2) is 6.12. The first-order valence-corrected chi connectivity index (χ1v) is 8.05. The van der Waals surface area contributed by atoms with E-state index in [9.17, 15) is 9.59 Å². The summed E-state index contributed by atoms with van der Waals surface area (Å²) in [6.45, 7) is 1.93. The lowest BCUT2D eigenvalue weighted by Crippen LogP contribution is -2.44. The van der Waals surface area contributed by atoms with Crippen molar-refractivity contribution in [2.75, 3.05) is 19.6 Å². The summed E-state index contributed by atoms with van der Waals surface area (Å²) in [5, 5.41) is 6.50. The molecule has 3 fully saturated rings. The average Bonchev–Trinajstić information content (AvgIpc) is 2.77. The number of nitrogens with one attached hydrogen (secondary N) is 2. The summed E-state index contributed by atoms with van der Waals surface area (Å²) in [6, 6.07) is 0.591. The maximum atomic E-state index is 12.3. The zero-order valence-electron chi connectivity index (χ0n) is 12.1. The van der Waals surface area contributed by atoms with Crippen LogP contribution in [-0.2, 0) is 9.59 Å². The van der Waals surface area contributed by atoms with Crippen molar-refractivity contribution < 1.29 is 9.59 Å². The van der Waals surface area contributed by atoms with Crippen LogP contribution in [0, 0.1) is 5.92 Å². The number of rotatable bonds is 3. The molecule has 2 unspecified atom stereocenters. The Morgan fingerprint density at radius 3 is 2.75 bits per heavy atom. The van der Waals surface area contributed by atoms with Crippen molar-refractivity contribution in [3.05, 3.63) is 0 Å². The van der Waals surface area contributed by atoms with E-state index in [1.54, 1.807) is 4.90 Å². The molecule has 3 rings (SSSR count). The maximum Gasteiger partial charge on any atom is 0.239 e. The molecule has 0 aromatic carbocycles. The van der Waals surface area contributed by atoms with Gasteiger partial charge in [-0.15, -0.1) is 0 Å². The smallest absolute Gasteiger partial charge is 0.239 e. The molecule has 2 atom stereocenters. The Kier molecular flexibility index (Phi) is 4.24. The van der Waals surface area contributed by atoms with Gasteiger partial charge in [-0.25, -0.2) is 0 Å². The van der Waals surface area contributed by atoms with Gasteiger partial charge in [-0.05, 0) is 32.2 Å². The highest BCUT2D eigenvalue weighted by Gasteiger charge is 2.41. The van der Waals surface area contributed by atoms with E-state index in [0.29, 0.717) is 12.6 Å². The van der Waals surface area contributed by atoms with Gasteiger partial charge in [0.05, 0.1) is 12.5 Å². The van der Waals surface area contributed by atoms with Crippen LogP contribution < -0.4 is 10.6 Å². The molecule has 5 nitrogen and oxygen atoms in total. The number of hydrogen-bond donors (Lipinski definition) is 2. The van der Waals surface area contributed by atoms with E-state index in [4.69, 9.17) is 0 Å². The number of carbonyl (C=O) groups excluding carboxylic acids is 2. The fourth-order valence-electron chi connectivity index (χ4n) is 3.84. The van der Waals surface area contributed by atoms with Crippen LogP contribution in [0.1, 0.15) is 44.9 Å². The Labute approximate surface area is 120 Å². The van der Waals surface area contributed by atoms with Crippen molar-refractivity contribution in [2.24, 2.45) is 5.92 Å². The number of piperidine rings is 1. The van der Waals surface area contributed by atoms with Crippen molar-refractivity contribution in [3.63, 3.8) is 0 Å². The molecule has 5 heteroatoms. The number of fused-ring (bicyclic) bond motifs is 1.